The van der Waals surface area contributed by atoms with Crippen LogP contribution in [-0.2, 0) is 0 Å². The van der Waals surface area contributed by atoms with Crippen LogP contribution in [0.3, 0.4) is 0 Å². The van der Waals surface area contributed by atoms with E-state index in [1.165, 1.54) is 0 Å². The van der Waals surface area contributed by atoms with Gasteiger partial charge in [-0.3, -0.25) is 5.01 Å². The van der Waals surface area contributed by atoms with Crippen LogP contribution in [-0.4, -0.2) is 16.5 Å². The SMILES string of the molecule is Oc1ccccc1N1CSC=N1. The van der Waals surface area contributed by atoms with Gasteiger partial charge in [-0.2, -0.15) is 5.10 Å². The van der Waals surface area contributed by atoms with Crippen molar-refractivity contribution in [1.82, 2.24) is 0 Å². The first-order valence-electron chi connectivity index (χ1n) is 3.57. The largest absolute Gasteiger partial charge is 0.506 e. The topological polar surface area (TPSA) is 35.8 Å². The van der Waals surface area contributed by atoms with Gasteiger partial charge in [0.15, 0.2) is 0 Å². The normalized spacial score (nSPS) is 15.5. The number of rotatable bonds is 1. The Morgan fingerprint density at radius 2 is 2.25 bits per heavy atom. The van der Waals surface area contributed by atoms with Crippen molar-refractivity contribution in [1.29, 1.82) is 0 Å². The molecule has 4 heteroatoms. The molecule has 0 aliphatic carbocycles. The molecule has 0 atom stereocenters. The van der Waals surface area contributed by atoms with E-state index < -0.39 is 0 Å². The van der Waals surface area contributed by atoms with Crippen LogP contribution >= 0.6 is 11.8 Å². The molecule has 0 aromatic heterocycles. The number of benzene rings is 1. The lowest BCUT2D eigenvalue weighted by molar-refractivity contribution is 0.475. The first-order chi connectivity index (χ1) is 5.88. The Balaban J connectivity index is 2.33. The second-order valence-electron chi connectivity index (χ2n) is 2.40. The monoisotopic (exact) mass is 180 g/mol. The quantitative estimate of drug-likeness (QED) is 0.716. The van der Waals surface area contributed by atoms with Crippen LogP contribution in [0.4, 0.5) is 5.69 Å². The number of phenolic OH excluding ortho intramolecular Hbond substituents is 1. The van der Waals surface area contributed by atoms with Crippen LogP contribution in [0.15, 0.2) is 29.4 Å². The van der Waals surface area contributed by atoms with Crippen molar-refractivity contribution in [2.24, 2.45) is 5.10 Å². The Kier molecular flexibility index (Phi) is 1.91. The average Bonchev–Trinajstić information content (AvgIpc) is 2.57. The number of phenols is 1. The van der Waals surface area contributed by atoms with E-state index in [2.05, 4.69) is 5.10 Å². The number of anilines is 1. The minimum atomic E-state index is 0.275. The Morgan fingerprint density at radius 3 is 2.92 bits per heavy atom. The molecule has 1 N–H and O–H groups in total. The van der Waals surface area contributed by atoms with E-state index in [1.54, 1.807) is 34.5 Å². The molecular formula is C8H8N2OS. The zero-order chi connectivity index (χ0) is 8.39. The maximum absolute atomic E-state index is 9.45. The second-order valence-corrected chi connectivity index (χ2v) is 3.21. The fourth-order valence-electron chi connectivity index (χ4n) is 1.04. The third kappa shape index (κ3) is 1.25. The summed E-state index contributed by atoms with van der Waals surface area (Å²) in [6.45, 7) is 0. The van der Waals surface area contributed by atoms with Crippen molar-refractivity contribution >= 4 is 23.0 Å². The fourth-order valence-corrected chi connectivity index (χ4v) is 1.64. The number of para-hydroxylation sites is 2. The van der Waals surface area contributed by atoms with Gasteiger partial charge in [0.05, 0.1) is 11.4 Å². The van der Waals surface area contributed by atoms with E-state index in [1.807, 2.05) is 12.1 Å². The molecular weight excluding hydrogens is 172 g/mol. The second kappa shape index (κ2) is 3.06. The molecule has 3 nitrogen and oxygen atoms in total. The van der Waals surface area contributed by atoms with E-state index in [4.69, 9.17) is 0 Å². The molecule has 0 bridgehead atoms. The lowest BCUT2D eigenvalue weighted by Gasteiger charge is -2.13. The molecule has 1 aromatic carbocycles. The predicted octanol–water partition coefficient (Wildman–Crippen LogP) is 1.85. The summed E-state index contributed by atoms with van der Waals surface area (Å²) in [5.74, 6) is 1.05. The highest BCUT2D eigenvalue weighted by molar-refractivity contribution is 8.12. The van der Waals surface area contributed by atoms with E-state index in [0.29, 0.717) is 0 Å². The number of hydrazone groups is 1. The maximum atomic E-state index is 9.45. The lowest BCUT2D eigenvalue weighted by atomic mass is 10.3. The van der Waals surface area contributed by atoms with Crippen molar-refractivity contribution in [3.05, 3.63) is 24.3 Å². The molecule has 1 heterocycles. The summed E-state index contributed by atoms with van der Waals surface area (Å²) in [4.78, 5) is 0. The summed E-state index contributed by atoms with van der Waals surface area (Å²) >= 11 is 1.61. The van der Waals surface area contributed by atoms with Crippen LogP contribution in [0.1, 0.15) is 0 Å². The summed E-state index contributed by atoms with van der Waals surface area (Å²) in [7, 11) is 0. The van der Waals surface area contributed by atoms with Gasteiger partial charge in [-0.25, -0.2) is 0 Å². The van der Waals surface area contributed by atoms with Crippen molar-refractivity contribution in [3.63, 3.8) is 0 Å². The van der Waals surface area contributed by atoms with Crippen molar-refractivity contribution in [2.75, 3.05) is 10.9 Å². The lowest BCUT2D eigenvalue weighted by Crippen LogP contribution is -2.10. The standard InChI is InChI=1S/C8H8N2OS/c11-8-4-2-1-3-7(8)10-6-12-5-9-10/h1-5,11H,6H2. The number of aromatic hydroxyl groups is 1. The van der Waals surface area contributed by atoms with Gasteiger partial charge in [-0.1, -0.05) is 23.9 Å². The molecule has 0 fully saturated rings. The molecule has 0 saturated heterocycles. The Hall–Kier alpha value is -1.16. The van der Waals surface area contributed by atoms with Crippen LogP contribution in [0, 0.1) is 0 Å². The Bertz CT molecular complexity index is 314. The van der Waals surface area contributed by atoms with E-state index in [-0.39, 0.29) is 5.75 Å². The molecule has 0 saturated carbocycles. The molecule has 1 aliphatic rings. The van der Waals surface area contributed by atoms with Crippen molar-refractivity contribution in [3.8, 4) is 5.75 Å². The van der Waals surface area contributed by atoms with Gasteiger partial charge in [0.1, 0.15) is 11.4 Å². The summed E-state index contributed by atoms with van der Waals surface area (Å²) < 4.78 is 0. The van der Waals surface area contributed by atoms with Gasteiger partial charge in [-0.15, -0.1) is 0 Å². The zero-order valence-corrected chi connectivity index (χ0v) is 7.16. The van der Waals surface area contributed by atoms with Crippen LogP contribution in [0.25, 0.3) is 0 Å². The highest BCUT2D eigenvalue weighted by Gasteiger charge is 2.11. The van der Waals surface area contributed by atoms with Crippen molar-refractivity contribution in [2.45, 2.75) is 0 Å². The average molecular weight is 180 g/mol. The number of hydrogen-bond donors (Lipinski definition) is 1. The molecule has 0 amide bonds. The van der Waals surface area contributed by atoms with Crippen LogP contribution in [0.2, 0.25) is 0 Å². The molecule has 1 aromatic rings. The molecule has 62 valence electrons. The van der Waals surface area contributed by atoms with Crippen LogP contribution in [0.5, 0.6) is 5.75 Å². The first-order valence-corrected chi connectivity index (χ1v) is 4.62. The van der Waals surface area contributed by atoms with E-state index in [9.17, 15) is 5.11 Å². The minimum Gasteiger partial charge on any atom is -0.506 e. The Morgan fingerprint density at radius 1 is 1.42 bits per heavy atom. The van der Waals surface area contributed by atoms with E-state index >= 15 is 0 Å². The summed E-state index contributed by atoms with van der Waals surface area (Å²) in [6.07, 6.45) is 0. The number of thioether (sulfide) groups is 1. The smallest absolute Gasteiger partial charge is 0.140 e. The van der Waals surface area contributed by atoms with Gasteiger partial charge in [0.2, 0.25) is 0 Å². The van der Waals surface area contributed by atoms with Gasteiger partial charge in [-0.05, 0) is 12.1 Å². The summed E-state index contributed by atoms with van der Waals surface area (Å²) in [5, 5.41) is 15.3. The molecule has 0 unspecified atom stereocenters. The molecule has 0 radical (unpaired) electrons. The molecule has 0 spiro atoms. The predicted molar refractivity (Wildman–Crippen MR) is 51.5 cm³/mol. The number of nitrogens with zero attached hydrogens (tertiary/aromatic N) is 2. The highest BCUT2D eigenvalue weighted by Crippen LogP contribution is 2.29. The molecule has 1 aliphatic heterocycles. The van der Waals surface area contributed by atoms with Crippen LogP contribution < -0.4 is 5.01 Å². The fraction of sp³-hybridized carbons (Fsp3) is 0.125. The van der Waals surface area contributed by atoms with Gasteiger partial charge >= 0.3 is 0 Å². The molecule has 2 rings (SSSR count). The van der Waals surface area contributed by atoms with Crippen molar-refractivity contribution < 1.29 is 5.11 Å². The minimum absolute atomic E-state index is 0.275. The number of hydrogen-bond acceptors (Lipinski definition) is 4. The molecule has 12 heavy (non-hydrogen) atoms. The van der Waals surface area contributed by atoms with Gasteiger partial charge in [0.25, 0.3) is 0 Å². The zero-order valence-electron chi connectivity index (χ0n) is 6.34. The summed E-state index contributed by atoms with van der Waals surface area (Å²) in [5.41, 5.74) is 2.53. The first kappa shape index (κ1) is 7.49. The third-order valence-electron chi connectivity index (χ3n) is 1.62. The van der Waals surface area contributed by atoms with Gasteiger partial charge < -0.3 is 5.11 Å². The highest BCUT2D eigenvalue weighted by atomic mass is 32.2. The Labute approximate surface area is 74.7 Å². The summed E-state index contributed by atoms with van der Waals surface area (Å²) in [6, 6.07) is 7.19. The third-order valence-corrected chi connectivity index (χ3v) is 2.25. The van der Waals surface area contributed by atoms with E-state index in [0.717, 1.165) is 11.6 Å². The van der Waals surface area contributed by atoms with Gasteiger partial charge in [0, 0.05) is 0 Å². The maximum Gasteiger partial charge on any atom is 0.140 e.